The first-order valence-corrected chi connectivity index (χ1v) is 7.84. The molecule has 0 radical (unpaired) electrons. The van der Waals surface area contributed by atoms with Gasteiger partial charge in [-0.05, 0) is 39.8 Å². The molecule has 120 valence electrons. The van der Waals surface area contributed by atoms with Crippen LogP contribution in [0.15, 0.2) is 30.3 Å². The van der Waals surface area contributed by atoms with Crippen molar-refractivity contribution < 1.29 is 9.59 Å². The number of benzene rings is 1. The monoisotopic (exact) mass is 303 g/mol. The highest BCUT2D eigenvalue weighted by atomic mass is 16.2. The van der Waals surface area contributed by atoms with Crippen molar-refractivity contribution in [1.29, 1.82) is 0 Å². The summed E-state index contributed by atoms with van der Waals surface area (Å²) < 4.78 is 0. The average molecular weight is 303 g/mol. The van der Waals surface area contributed by atoms with Crippen LogP contribution in [0.1, 0.15) is 27.7 Å². The summed E-state index contributed by atoms with van der Waals surface area (Å²) in [6.45, 7) is 9.36. The Balaban J connectivity index is 2.03. The van der Waals surface area contributed by atoms with Crippen molar-refractivity contribution >= 4 is 17.6 Å². The van der Waals surface area contributed by atoms with Gasteiger partial charge in [0.1, 0.15) is 6.54 Å². The maximum Gasteiger partial charge on any atom is 0.325 e. The molecular formula is C17H25N3O2. The molecule has 0 spiro atoms. The number of carbonyl (C=O) groups excluding carboxylic acids is 2. The average Bonchev–Trinajstić information content (AvgIpc) is 2.80. The summed E-state index contributed by atoms with van der Waals surface area (Å²) in [6.07, 6.45) is 0. The predicted octanol–water partition coefficient (Wildman–Crippen LogP) is 2.57. The van der Waals surface area contributed by atoms with Gasteiger partial charge < -0.3 is 9.80 Å². The van der Waals surface area contributed by atoms with Crippen LogP contribution in [-0.2, 0) is 4.79 Å². The Labute approximate surface area is 132 Å². The SMILES string of the molecule is CC(C)N(C(=O)CN1CCN(c2ccccc2)C1=O)C(C)C. The molecule has 22 heavy (non-hydrogen) atoms. The molecule has 0 atom stereocenters. The standard InChI is InChI=1S/C17H25N3O2/c1-13(2)20(14(3)4)16(21)12-18-10-11-19(17(18)22)15-8-6-5-7-9-15/h5-9,13-14H,10-12H2,1-4H3. The topological polar surface area (TPSA) is 43.9 Å². The molecule has 1 aromatic carbocycles. The summed E-state index contributed by atoms with van der Waals surface area (Å²) in [5.41, 5.74) is 0.882. The van der Waals surface area contributed by atoms with Crippen LogP contribution in [-0.4, -0.2) is 53.5 Å². The van der Waals surface area contributed by atoms with Crippen LogP contribution >= 0.6 is 0 Å². The van der Waals surface area contributed by atoms with Crippen molar-refractivity contribution in [3.05, 3.63) is 30.3 Å². The number of urea groups is 1. The van der Waals surface area contributed by atoms with Gasteiger partial charge in [0, 0.05) is 30.9 Å². The van der Waals surface area contributed by atoms with Gasteiger partial charge in [0.2, 0.25) is 5.91 Å². The molecule has 0 N–H and O–H groups in total. The number of anilines is 1. The van der Waals surface area contributed by atoms with Crippen LogP contribution in [0.4, 0.5) is 10.5 Å². The van der Waals surface area contributed by atoms with E-state index in [-0.39, 0.29) is 30.6 Å². The fourth-order valence-electron chi connectivity index (χ4n) is 2.99. The van der Waals surface area contributed by atoms with Gasteiger partial charge in [0.05, 0.1) is 0 Å². The van der Waals surface area contributed by atoms with Crippen molar-refractivity contribution in [2.45, 2.75) is 39.8 Å². The number of carbonyl (C=O) groups is 2. The smallest absolute Gasteiger partial charge is 0.325 e. The Hall–Kier alpha value is -2.04. The van der Waals surface area contributed by atoms with Crippen molar-refractivity contribution in [2.75, 3.05) is 24.5 Å². The first-order chi connectivity index (χ1) is 10.4. The summed E-state index contributed by atoms with van der Waals surface area (Å²) in [7, 11) is 0. The number of nitrogens with zero attached hydrogens (tertiary/aromatic N) is 3. The number of para-hydroxylation sites is 1. The van der Waals surface area contributed by atoms with Gasteiger partial charge in [0.25, 0.3) is 0 Å². The molecule has 0 aliphatic carbocycles. The second-order valence-corrected chi connectivity index (χ2v) is 6.18. The van der Waals surface area contributed by atoms with E-state index in [1.165, 1.54) is 0 Å². The highest BCUT2D eigenvalue weighted by Crippen LogP contribution is 2.20. The molecule has 0 aromatic heterocycles. The van der Waals surface area contributed by atoms with Gasteiger partial charge in [-0.15, -0.1) is 0 Å². The zero-order valence-corrected chi connectivity index (χ0v) is 13.8. The summed E-state index contributed by atoms with van der Waals surface area (Å²) in [6, 6.07) is 9.76. The van der Waals surface area contributed by atoms with E-state index in [9.17, 15) is 9.59 Å². The highest BCUT2D eigenvalue weighted by Gasteiger charge is 2.32. The largest absolute Gasteiger partial charge is 0.336 e. The molecule has 1 fully saturated rings. The molecule has 3 amide bonds. The third-order valence-corrected chi connectivity index (χ3v) is 3.89. The van der Waals surface area contributed by atoms with E-state index in [0.29, 0.717) is 13.1 Å². The molecule has 1 aliphatic heterocycles. The molecule has 0 saturated carbocycles. The van der Waals surface area contributed by atoms with Gasteiger partial charge in [0.15, 0.2) is 0 Å². The number of rotatable bonds is 5. The lowest BCUT2D eigenvalue weighted by Crippen LogP contribution is -2.48. The Morgan fingerprint density at radius 3 is 2.23 bits per heavy atom. The fraction of sp³-hybridized carbons (Fsp3) is 0.529. The number of amides is 3. The first-order valence-electron chi connectivity index (χ1n) is 7.84. The molecule has 5 heteroatoms. The van der Waals surface area contributed by atoms with Crippen molar-refractivity contribution in [2.24, 2.45) is 0 Å². The summed E-state index contributed by atoms with van der Waals surface area (Å²) in [5.74, 6) is 0.00765. The Morgan fingerprint density at radius 1 is 1.09 bits per heavy atom. The molecule has 1 aromatic rings. The molecule has 5 nitrogen and oxygen atoms in total. The first kappa shape index (κ1) is 16.3. The predicted molar refractivity (Wildman–Crippen MR) is 87.9 cm³/mol. The normalized spacial score (nSPS) is 15.1. The van der Waals surface area contributed by atoms with Gasteiger partial charge >= 0.3 is 6.03 Å². The van der Waals surface area contributed by atoms with Crippen LogP contribution in [0.25, 0.3) is 0 Å². The Morgan fingerprint density at radius 2 is 1.68 bits per heavy atom. The summed E-state index contributed by atoms with van der Waals surface area (Å²) in [5, 5.41) is 0. The second-order valence-electron chi connectivity index (χ2n) is 6.18. The van der Waals surface area contributed by atoms with Gasteiger partial charge in [-0.25, -0.2) is 4.79 Å². The molecule has 0 bridgehead atoms. The van der Waals surface area contributed by atoms with Gasteiger partial charge in [-0.2, -0.15) is 0 Å². The van der Waals surface area contributed by atoms with E-state index >= 15 is 0 Å². The minimum absolute atomic E-state index is 0.00765. The van der Waals surface area contributed by atoms with E-state index < -0.39 is 0 Å². The van der Waals surface area contributed by atoms with Crippen LogP contribution < -0.4 is 4.90 Å². The number of hydrogen-bond donors (Lipinski definition) is 0. The van der Waals surface area contributed by atoms with Crippen molar-refractivity contribution in [3.8, 4) is 0 Å². The Kier molecular flexibility index (Phi) is 5.06. The highest BCUT2D eigenvalue weighted by molar-refractivity contribution is 5.96. The minimum Gasteiger partial charge on any atom is -0.336 e. The van der Waals surface area contributed by atoms with Gasteiger partial charge in [-0.1, -0.05) is 18.2 Å². The molecule has 2 rings (SSSR count). The fourth-order valence-corrected chi connectivity index (χ4v) is 2.99. The lowest BCUT2D eigenvalue weighted by Gasteiger charge is -2.32. The maximum absolute atomic E-state index is 12.5. The number of hydrogen-bond acceptors (Lipinski definition) is 2. The molecule has 1 heterocycles. The van der Waals surface area contributed by atoms with E-state index in [0.717, 1.165) is 5.69 Å². The quantitative estimate of drug-likeness (QED) is 0.839. The minimum atomic E-state index is -0.0907. The van der Waals surface area contributed by atoms with Crippen LogP contribution in [0.3, 0.4) is 0 Å². The molecule has 1 aliphatic rings. The van der Waals surface area contributed by atoms with Gasteiger partial charge in [-0.3, -0.25) is 9.69 Å². The van der Waals surface area contributed by atoms with E-state index in [1.807, 2.05) is 62.9 Å². The Bertz CT molecular complexity index is 520. The third-order valence-electron chi connectivity index (χ3n) is 3.89. The van der Waals surface area contributed by atoms with Crippen molar-refractivity contribution in [1.82, 2.24) is 9.80 Å². The summed E-state index contributed by atoms with van der Waals surface area (Å²) >= 11 is 0. The van der Waals surface area contributed by atoms with E-state index in [4.69, 9.17) is 0 Å². The molecule has 1 saturated heterocycles. The lowest BCUT2D eigenvalue weighted by molar-refractivity contribution is -0.135. The molecule has 0 unspecified atom stereocenters. The van der Waals surface area contributed by atoms with Crippen LogP contribution in [0.5, 0.6) is 0 Å². The van der Waals surface area contributed by atoms with E-state index in [2.05, 4.69) is 0 Å². The maximum atomic E-state index is 12.5. The second kappa shape index (κ2) is 6.81. The van der Waals surface area contributed by atoms with E-state index in [1.54, 1.807) is 9.80 Å². The zero-order chi connectivity index (χ0) is 16.3. The van der Waals surface area contributed by atoms with Crippen molar-refractivity contribution in [3.63, 3.8) is 0 Å². The lowest BCUT2D eigenvalue weighted by atomic mass is 10.2. The zero-order valence-electron chi connectivity index (χ0n) is 13.8. The third kappa shape index (κ3) is 3.40. The van der Waals surface area contributed by atoms with Crippen LogP contribution in [0, 0.1) is 0 Å². The summed E-state index contributed by atoms with van der Waals surface area (Å²) in [4.78, 5) is 30.2. The molecular weight excluding hydrogens is 278 g/mol. The van der Waals surface area contributed by atoms with Crippen LogP contribution in [0.2, 0.25) is 0 Å².